The standard InChI is InChI=1S/C18H26N2/c1-13-9-10-14-5-2-3-8-18(14)20(13)12-17-16-7-4-6-15(16)11-19-17/h2-3,5,8,13,15-17,19H,4,6-7,9-12H2,1H3. The number of hydrogen-bond donors (Lipinski definition) is 1. The van der Waals surface area contributed by atoms with Crippen LogP contribution in [0.15, 0.2) is 24.3 Å². The number of aryl methyl sites for hydroxylation is 1. The van der Waals surface area contributed by atoms with E-state index in [1.165, 1.54) is 50.9 Å². The highest BCUT2D eigenvalue weighted by atomic mass is 15.2. The molecule has 1 saturated heterocycles. The Morgan fingerprint density at radius 3 is 3.05 bits per heavy atom. The second-order valence-corrected chi connectivity index (χ2v) is 7.04. The number of anilines is 1. The molecule has 1 aliphatic carbocycles. The average Bonchev–Trinajstić information content (AvgIpc) is 3.06. The molecule has 0 bridgehead atoms. The quantitative estimate of drug-likeness (QED) is 0.887. The van der Waals surface area contributed by atoms with Gasteiger partial charge in [-0.3, -0.25) is 0 Å². The first-order valence-electron chi connectivity index (χ1n) is 8.41. The summed E-state index contributed by atoms with van der Waals surface area (Å²) in [6.07, 6.45) is 6.92. The van der Waals surface area contributed by atoms with Gasteiger partial charge in [-0.25, -0.2) is 0 Å². The van der Waals surface area contributed by atoms with Crippen LogP contribution in [0.25, 0.3) is 0 Å². The van der Waals surface area contributed by atoms with Gasteiger partial charge in [0.05, 0.1) is 0 Å². The molecule has 2 nitrogen and oxygen atoms in total. The molecular weight excluding hydrogens is 244 g/mol. The van der Waals surface area contributed by atoms with Gasteiger partial charge in [-0.1, -0.05) is 24.6 Å². The van der Waals surface area contributed by atoms with E-state index in [0.29, 0.717) is 6.04 Å². The van der Waals surface area contributed by atoms with E-state index in [4.69, 9.17) is 0 Å². The van der Waals surface area contributed by atoms with Crippen LogP contribution in [0.1, 0.15) is 38.2 Å². The summed E-state index contributed by atoms with van der Waals surface area (Å²) in [7, 11) is 0. The Labute approximate surface area is 122 Å². The number of nitrogens with one attached hydrogen (secondary N) is 1. The van der Waals surface area contributed by atoms with E-state index in [-0.39, 0.29) is 0 Å². The van der Waals surface area contributed by atoms with Crippen LogP contribution in [0.2, 0.25) is 0 Å². The van der Waals surface area contributed by atoms with Crippen molar-refractivity contribution in [1.82, 2.24) is 5.32 Å². The smallest absolute Gasteiger partial charge is 0.0401 e. The molecule has 4 atom stereocenters. The van der Waals surface area contributed by atoms with Crippen molar-refractivity contribution in [2.45, 2.75) is 51.1 Å². The summed E-state index contributed by atoms with van der Waals surface area (Å²) in [5.41, 5.74) is 3.04. The zero-order valence-electron chi connectivity index (χ0n) is 12.5. The lowest BCUT2D eigenvalue weighted by molar-refractivity contribution is 0.395. The SMILES string of the molecule is CC1CCc2ccccc2N1CC1NCC2CCCC21. The zero-order valence-corrected chi connectivity index (χ0v) is 12.5. The van der Waals surface area contributed by atoms with Crippen LogP contribution in [0, 0.1) is 11.8 Å². The molecule has 2 heteroatoms. The summed E-state index contributed by atoms with van der Waals surface area (Å²) in [5.74, 6) is 1.91. The highest BCUT2D eigenvalue weighted by molar-refractivity contribution is 5.56. The summed E-state index contributed by atoms with van der Waals surface area (Å²) in [5, 5.41) is 3.82. The first-order chi connectivity index (χ1) is 9.83. The van der Waals surface area contributed by atoms with E-state index in [1.54, 1.807) is 5.56 Å². The van der Waals surface area contributed by atoms with Gasteiger partial charge >= 0.3 is 0 Å². The van der Waals surface area contributed by atoms with E-state index in [1.807, 2.05) is 0 Å². The molecule has 108 valence electrons. The predicted octanol–water partition coefficient (Wildman–Crippen LogP) is 3.22. The molecule has 20 heavy (non-hydrogen) atoms. The van der Waals surface area contributed by atoms with Crippen LogP contribution in [0.3, 0.4) is 0 Å². The number of hydrogen-bond acceptors (Lipinski definition) is 2. The van der Waals surface area contributed by atoms with Gasteiger partial charge in [-0.15, -0.1) is 0 Å². The third-order valence-corrected chi connectivity index (χ3v) is 5.93. The molecule has 4 rings (SSSR count). The molecule has 3 aliphatic rings. The van der Waals surface area contributed by atoms with Gasteiger partial charge < -0.3 is 10.2 Å². The predicted molar refractivity (Wildman–Crippen MR) is 84.2 cm³/mol. The summed E-state index contributed by atoms with van der Waals surface area (Å²) in [6, 6.07) is 10.4. The number of benzene rings is 1. The third kappa shape index (κ3) is 2.05. The molecule has 1 saturated carbocycles. The van der Waals surface area contributed by atoms with Crippen molar-refractivity contribution in [2.24, 2.45) is 11.8 Å². The minimum atomic E-state index is 0.687. The van der Waals surface area contributed by atoms with Crippen molar-refractivity contribution in [3.8, 4) is 0 Å². The molecule has 2 heterocycles. The van der Waals surface area contributed by atoms with Crippen molar-refractivity contribution in [1.29, 1.82) is 0 Å². The Bertz CT molecular complexity index is 484. The maximum Gasteiger partial charge on any atom is 0.0401 e. The summed E-state index contributed by atoms with van der Waals surface area (Å²) >= 11 is 0. The molecule has 0 radical (unpaired) electrons. The molecule has 4 unspecified atom stereocenters. The normalized spacial score (nSPS) is 36.0. The van der Waals surface area contributed by atoms with E-state index in [2.05, 4.69) is 41.4 Å². The average molecular weight is 270 g/mol. The Balaban J connectivity index is 1.56. The van der Waals surface area contributed by atoms with Crippen molar-refractivity contribution in [3.05, 3.63) is 29.8 Å². The van der Waals surface area contributed by atoms with Gasteiger partial charge in [0, 0.05) is 24.3 Å². The molecule has 1 aromatic rings. The Kier molecular flexibility index (Phi) is 3.22. The fourth-order valence-corrected chi connectivity index (χ4v) is 4.75. The van der Waals surface area contributed by atoms with Crippen molar-refractivity contribution in [2.75, 3.05) is 18.0 Å². The van der Waals surface area contributed by atoms with Crippen LogP contribution < -0.4 is 10.2 Å². The Hall–Kier alpha value is -1.02. The molecule has 2 fully saturated rings. The Morgan fingerprint density at radius 2 is 2.10 bits per heavy atom. The third-order valence-electron chi connectivity index (χ3n) is 5.93. The molecular formula is C18H26N2. The minimum Gasteiger partial charge on any atom is -0.367 e. The molecule has 0 amide bonds. The number of nitrogens with zero attached hydrogens (tertiary/aromatic N) is 1. The monoisotopic (exact) mass is 270 g/mol. The van der Waals surface area contributed by atoms with Gasteiger partial charge in [0.1, 0.15) is 0 Å². The lowest BCUT2D eigenvalue weighted by Crippen LogP contribution is -2.46. The highest BCUT2D eigenvalue weighted by Gasteiger charge is 2.40. The summed E-state index contributed by atoms with van der Waals surface area (Å²) in [4.78, 5) is 2.68. The van der Waals surface area contributed by atoms with Crippen LogP contribution in [-0.4, -0.2) is 25.2 Å². The van der Waals surface area contributed by atoms with Gasteiger partial charge in [-0.05, 0) is 62.6 Å². The minimum absolute atomic E-state index is 0.687. The van der Waals surface area contributed by atoms with Crippen molar-refractivity contribution in [3.63, 3.8) is 0 Å². The molecule has 2 aliphatic heterocycles. The van der Waals surface area contributed by atoms with Gasteiger partial charge in [0.25, 0.3) is 0 Å². The van der Waals surface area contributed by atoms with Crippen LogP contribution in [0.4, 0.5) is 5.69 Å². The first kappa shape index (κ1) is 12.7. The maximum atomic E-state index is 3.82. The van der Waals surface area contributed by atoms with E-state index in [0.717, 1.165) is 17.9 Å². The van der Waals surface area contributed by atoms with Gasteiger partial charge in [0.2, 0.25) is 0 Å². The second-order valence-electron chi connectivity index (χ2n) is 7.04. The molecule has 1 N–H and O–H groups in total. The lowest BCUT2D eigenvalue weighted by atomic mass is 9.91. The fourth-order valence-electron chi connectivity index (χ4n) is 4.75. The largest absolute Gasteiger partial charge is 0.367 e. The zero-order chi connectivity index (χ0) is 13.5. The van der Waals surface area contributed by atoms with E-state index < -0.39 is 0 Å². The number of fused-ring (bicyclic) bond motifs is 2. The first-order valence-corrected chi connectivity index (χ1v) is 8.41. The highest BCUT2D eigenvalue weighted by Crippen LogP contribution is 2.39. The van der Waals surface area contributed by atoms with Crippen LogP contribution in [-0.2, 0) is 6.42 Å². The van der Waals surface area contributed by atoms with Gasteiger partial charge in [0.15, 0.2) is 0 Å². The molecule has 0 aromatic heterocycles. The summed E-state index contributed by atoms with van der Waals surface area (Å²) < 4.78 is 0. The fraction of sp³-hybridized carbons (Fsp3) is 0.667. The topological polar surface area (TPSA) is 15.3 Å². The van der Waals surface area contributed by atoms with E-state index in [9.17, 15) is 0 Å². The molecule has 0 spiro atoms. The van der Waals surface area contributed by atoms with Crippen LogP contribution in [0.5, 0.6) is 0 Å². The van der Waals surface area contributed by atoms with Gasteiger partial charge in [-0.2, -0.15) is 0 Å². The van der Waals surface area contributed by atoms with Crippen molar-refractivity contribution < 1.29 is 0 Å². The number of para-hydroxylation sites is 1. The second kappa shape index (κ2) is 5.07. The summed E-state index contributed by atoms with van der Waals surface area (Å²) in [6.45, 7) is 4.87. The molecule has 1 aromatic carbocycles. The Morgan fingerprint density at radius 1 is 1.20 bits per heavy atom. The van der Waals surface area contributed by atoms with Crippen molar-refractivity contribution >= 4 is 5.69 Å². The van der Waals surface area contributed by atoms with Crippen LogP contribution >= 0.6 is 0 Å². The van der Waals surface area contributed by atoms with E-state index >= 15 is 0 Å². The number of rotatable bonds is 2. The maximum absolute atomic E-state index is 3.82. The lowest BCUT2D eigenvalue weighted by Gasteiger charge is -2.39.